The standard InChI is InChI=1S/C25H22ClN5OS/c1-3-4-14-31-24(32)20-21(16-8-6-5-7-9-16)29-23(33-2)19(15-27)22(20)30-25(31)28-18-12-10-17(26)11-13-18/h5-13H,3-4,14H2,1-2H3,(H,28,30). The summed E-state index contributed by atoms with van der Waals surface area (Å²) in [5.41, 5.74) is 2.52. The van der Waals surface area contributed by atoms with Gasteiger partial charge in [-0.05, 0) is 36.9 Å². The van der Waals surface area contributed by atoms with Gasteiger partial charge in [-0.3, -0.25) is 9.36 Å². The molecule has 0 bridgehead atoms. The third-order valence-electron chi connectivity index (χ3n) is 5.26. The molecule has 0 saturated carbocycles. The zero-order chi connectivity index (χ0) is 23.4. The van der Waals surface area contributed by atoms with Gasteiger partial charge in [0.1, 0.15) is 22.2 Å². The number of hydrogen-bond acceptors (Lipinski definition) is 6. The monoisotopic (exact) mass is 475 g/mol. The van der Waals surface area contributed by atoms with Crippen LogP contribution >= 0.6 is 23.4 Å². The van der Waals surface area contributed by atoms with Gasteiger partial charge in [0.05, 0.1) is 11.1 Å². The lowest BCUT2D eigenvalue weighted by molar-refractivity contribution is 0.616. The summed E-state index contributed by atoms with van der Waals surface area (Å²) in [7, 11) is 0. The van der Waals surface area contributed by atoms with E-state index in [1.54, 1.807) is 16.7 Å². The maximum atomic E-state index is 13.9. The average Bonchev–Trinajstić information content (AvgIpc) is 2.84. The molecule has 4 aromatic rings. The number of aromatic nitrogens is 3. The number of anilines is 2. The van der Waals surface area contributed by atoms with E-state index in [0.717, 1.165) is 24.1 Å². The Hall–Kier alpha value is -3.34. The summed E-state index contributed by atoms with van der Waals surface area (Å²) in [5, 5.41) is 14.7. The number of nitriles is 1. The molecule has 33 heavy (non-hydrogen) atoms. The molecule has 0 aliphatic heterocycles. The number of fused-ring (bicyclic) bond motifs is 1. The third-order valence-corrected chi connectivity index (χ3v) is 6.19. The van der Waals surface area contributed by atoms with Crippen LogP contribution in [0.1, 0.15) is 25.3 Å². The number of halogens is 1. The van der Waals surface area contributed by atoms with Crippen molar-refractivity contribution < 1.29 is 0 Å². The summed E-state index contributed by atoms with van der Waals surface area (Å²) in [6.45, 7) is 2.57. The molecule has 8 heteroatoms. The van der Waals surface area contributed by atoms with Gasteiger partial charge in [-0.1, -0.05) is 55.3 Å². The van der Waals surface area contributed by atoms with Crippen LogP contribution in [0.5, 0.6) is 0 Å². The van der Waals surface area contributed by atoms with Gasteiger partial charge >= 0.3 is 0 Å². The normalized spacial score (nSPS) is 10.8. The predicted octanol–water partition coefficient (Wildman–Crippen LogP) is 6.25. The Morgan fingerprint density at radius 2 is 1.85 bits per heavy atom. The van der Waals surface area contributed by atoms with E-state index in [0.29, 0.717) is 44.7 Å². The summed E-state index contributed by atoms with van der Waals surface area (Å²) < 4.78 is 1.63. The van der Waals surface area contributed by atoms with Crippen LogP contribution in [0, 0.1) is 11.3 Å². The highest BCUT2D eigenvalue weighted by Gasteiger charge is 2.22. The zero-order valence-electron chi connectivity index (χ0n) is 18.3. The molecule has 0 aliphatic rings. The highest BCUT2D eigenvalue weighted by atomic mass is 35.5. The number of nitrogens with zero attached hydrogens (tertiary/aromatic N) is 4. The number of rotatable bonds is 7. The molecule has 2 heterocycles. The highest BCUT2D eigenvalue weighted by Crippen LogP contribution is 2.32. The summed E-state index contributed by atoms with van der Waals surface area (Å²) in [6, 6.07) is 18.9. The van der Waals surface area contributed by atoms with Gasteiger partial charge < -0.3 is 5.32 Å². The quantitative estimate of drug-likeness (QED) is 0.318. The first-order chi connectivity index (χ1) is 16.1. The minimum atomic E-state index is -0.222. The predicted molar refractivity (Wildman–Crippen MR) is 135 cm³/mol. The maximum Gasteiger partial charge on any atom is 0.265 e. The first-order valence-electron chi connectivity index (χ1n) is 10.6. The van der Waals surface area contributed by atoms with E-state index < -0.39 is 0 Å². The minimum absolute atomic E-state index is 0.222. The molecule has 4 rings (SSSR count). The number of pyridine rings is 1. The molecule has 0 saturated heterocycles. The van der Waals surface area contributed by atoms with Crippen molar-refractivity contribution in [2.45, 2.75) is 31.3 Å². The minimum Gasteiger partial charge on any atom is -0.326 e. The van der Waals surface area contributed by atoms with E-state index in [1.165, 1.54) is 11.8 Å². The lowest BCUT2D eigenvalue weighted by atomic mass is 10.1. The molecule has 0 radical (unpaired) electrons. The summed E-state index contributed by atoms with van der Waals surface area (Å²) in [6.07, 6.45) is 3.59. The van der Waals surface area contributed by atoms with Crippen molar-refractivity contribution >= 4 is 45.9 Å². The van der Waals surface area contributed by atoms with E-state index in [9.17, 15) is 10.1 Å². The largest absolute Gasteiger partial charge is 0.326 e. The molecular formula is C25H22ClN5OS. The Morgan fingerprint density at radius 1 is 1.12 bits per heavy atom. The average molecular weight is 476 g/mol. The van der Waals surface area contributed by atoms with Gasteiger partial charge in [0, 0.05) is 22.8 Å². The van der Waals surface area contributed by atoms with Gasteiger partial charge in [0.25, 0.3) is 5.56 Å². The van der Waals surface area contributed by atoms with Crippen LogP contribution < -0.4 is 10.9 Å². The van der Waals surface area contributed by atoms with Crippen molar-refractivity contribution in [1.82, 2.24) is 14.5 Å². The molecule has 0 amide bonds. The fourth-order valence-electron chi connectivity index (χ4n) is 3.60. The SMILES string of the molecule is CCCCn1c(Nc2ccc(Cl)cc2)nc2c(C#N)c(SC)nc(-c3ccccc3)c2c1=O. The van der Waals surface area contributed by atoms with Gasteiger partial charge in [0.2, 0.25) is 5.95 Å². The molecule has 0 fully saturated rings. The molecule has 0 unspecified atom stereocenters. The Labute approximate surface area is 201 Å². The van der Waals surface area contributed by atoms with Crippen LogP contribution in [-0.4, -0.2) is 20.8 Å². The van der Waals surface area contributed by atoms with E-state index in [-0.39, 0.29) is 5.56 Å². The van der Waals surface area contributed by atoms with Crippen molar-refractivity contribution in [1.29, 1.82) is 5.26 Å². The fraction of sp³-hybridized carbons (Fsp3) is 0.200. The van der Waals surface area contributed by atoms with Gasteiger partial charge in [-0.25, -0.2) is 9.97 Å². The molecule has 0 spiro atoms. The molecule has 0 aliphatic carbocycles. The first kappa shape index (κ1) is 22.8. The fourth-order valence-corrected chi connectivity index (χ4v) is 4.25. The Bertz CT molecular complexity index is 1400. The van der Waals surface area contributed by atoms with E-state index >= 15 is 0 Å². The van der Waals surface area contributed by atoms with Gasteiger partial charge in [-0.2, -0.15) is 5.26 Å². The molecule has 166 valence electrons. The lowest BCUT2D eigenvalue weighted by Gasteiger charge is -2.17. The highest BCUT2D eigenvalue weighted by molar-refractivity contribution is 7.98. The number of unbranched alkanes of at least 4 members (excludes halogenated alkanes) is 1. The second-order valence-corrected chi connectivity index (χ2v) is 8.66. The van der Waals surface area contributed by atoms with E-state index in [4.69, 9.17) is 21.6 Å². The number of benzene rings is 2. The van der Waals surface area contributed by atoms with Crippen molar-refractivity contribution in [2.75, 3.05) is 11.6 Å². The molecular weight excluding hydrogens is 454 g/mol. The number of hydrogen-bond donors (Lipinski definition) is 1. The Kier molecular flexibility index (Phi) is 6.97. The second kappa shape index (κ2) is 10.1. The van der Waals surface area contributed by atoms with Crippen molar-refractivity contribution in [3.8, 4) is 17.3 Å². The van der Waals surface area contributed by atoms with Crippen molar-refractivity contribution in [3.05, 3.63) is 75.5 Å². The molecule has 1 N–H and O–H groups in total. The number of thioether (sulfide) groups is 1. The van der Waals surface area contributed by atoms with E-state index in [2.05, 4.69) is 18.3 Å². The maximum absolute atomic E-state index is 13.9. The Morgan fingerprint density at radius 3 is 2.48 bits per heavy atom. The summed E-state index contributed by atoms with van der Waals surface area (Å²) >= 11 is 7.38. The van der Waals surface area contributed by atoms with Crippen molar-refractivity contribution in [2.24, 2.45) is 0 Å². The first-order valence-corrected chi connectivity index (χ1v) is 12.2. The van der Waals surface area contributed by atoms with Crippen LogP contribution in [0.15, 0.2) is 64.4 Å². The smallest absolute Gasteiger partial charge is 0.265 e. The lowest BCUT2D eigenvalue weighted by Crippen LogP contribution is -2.25. The van der Waals surface area contributed by atoms with Crippen LogP contribution in [0.4, 0.5) is 11.6 Å². The molecule has 6 nitrogen and oxygen atoms in total. The van der Waals surface area contributed by atoms with Gasteiger partial charge in [-0.15, -0.1) is 11.8 Å². The molecule has 2 aromatic heterocycles. The zero-order valence-corrected chi connectivity index (χ0v) is 19.9. The van der Waals surface area contributed by atoms with Crippen molar-refractivity contribution in [3.63, 3.8) is 0 Å². The topological polar surface area (TPSA) is 83.6 Å². The number of nitrogens with one attached hydrogen (secondary N) is 1. The van der Waals surface area contributed by atoms with Crippen LogP contribution in [0.3, 0.4) is 0 Å². The van der Waals surface area contributed by atoms with Crippen LogP contribution in [0.2, 0.25) is 5.02 Å². The molecule has 2 aromatic carbocycles. The third kappa shape index (κ3) is 4.58. The van der Waals surface area contributed by atoms with Gasteiger partial charge in [0.15, 0.2) is 0 Å². The summed E-state index contributed by atoms with van der Waals surface area (Å²) in [5.74, 6) is 0.386. The van der Waals surface area contributed by atoms with E-state index in [1.807, 2.05) is 48.7 Å². The Balaban J connectivity index is 2.05. The van der Waals surface area contributed by atoms with Crippen LogP contribution in [-0.2, 0) is 6.54 Å². The van der Waals surface area contributed by atoms with Crippen LogP contribution in [0.25, 0.3) is 22.2 Å². The molecule has 0 atom stereocenters. The summed E-state index contributed by atoms with van der Waals surface area (Å²) in [4.78, 5) is 23.4. The second-order valence-electron chi connectivity index (χ2n) is 7.42.